The topological polar surface area (TPSA) is 29.3 Å². The highest BCUT2D eigenvalue weighted by Gasteiger charge is 2.40. The molecule has 0 aromatic heterocycles. The number of likely N-dealkylation sites (N-methyl/N-ethyl adjacent to an activating group) is 1. The van der Waals surface area contributed by atoms with Gasteiger partial charge in [0.2, 0.25) is 0 Å². The van der Waals surface area contributed by atoms with Crippen molar-refractivity contribution in [1.82, 2.24) is 4.90 Å². The average molecular weight is 218 g/mol. The van der Waals surface area contributed by atoms with Crippen molar-refractivity contribution in [3.8, 4) is 0 Å². The summed E-state index contributed by atoms with van der Waals surface area (Å²) in [5.41, 5.74) is 7.96. The van der Waals surface area contributed by atoms with Crippen molar-refractivity contribution < 1.29 is 0 Å². The molecule has 1 aromatic rings. The standard InChI is InChI=1S/C14H22N2/c1-13(2)9-14(15,11-16(3)10-13)12-7-5-4-6-8-12/h4-8H,9-11,15H2,1-3H3. The van der Waals surface area contributed by atoms with Crippen LogP contribution in [0.1, 0.15) is 25.8 Å². The van der Waals surface area contributed by atoms with E-state index in [1.54, 1.807) is 0 Å². The molecule has 2 heteroatoms. The number of hydrogen-bond donors (Lipinski definition) is 1. The van der Waals surface area contributed by atoms with Gasteiger partial charge in [0.25, 0.3) is 0 Å². The third-order valence-corrected chi connectivity index (χ3v) is 3.39. The van der Waals surface area contributed by atoms with Crippen LogP contribution in [0.5, 0.6) is 0 Å². The van der Waals surface area contributed by atoms with Crippen LogP contribution >= 0.6 is 0 Å². The van der Waals surface area contributed by atoms with E-state index in [4.69, 9.17) is 5.73 Å². The number of likely N-dealkylation sites (tertiary alicyclic amines) is 1. The van der Waals surface area contributed by atoms with Gasteiger partial charge >= 0.3 is 0 Å². The fraction of sp³-hybridized carbons (Fsp3) is 0.571. The molecular formula is C14H22N2. The predicted molar refractivity (Wildman–Crippen MR) is 68.2 cm³/mol. The van der Waals surface area contributed by atoms with Crippen molar-refractivity contribution in [2.24, 2.45) is 11.1 Å². The van der Waals surface area contributed by atoms with E-state index >= 15 is 0 Å². The largest absolute Gasteiger partial charge is 0.320 e. The molecule has 1 aromatic carbocycles. The first-order valence-electron chi connectivity index (χ1n) is 5.94. The van der Waals surface area contributed by atoms with Crippen molar-refractivity contribution in [2.75, 3.05) is 20.1 Å². The molecule has 1 aliphatic heterocycles. The minimum Gasteiger partial charge on any atom is -0.320 e. The number of hydrogen-bond acceptors (Lipinski definition) is 2. The fourth-order valence-electron chi connectivity index (χ4n) is 3.20. The third-order valence-electron chi connectivity index (χ3n) is 3.39. The molecule has 2 nitrogen and oxygen atoms in total. The second-order valence-corrected chi connectivity index (χ2v) is 6.04. The van der Waals surface area contributed by atoms with E-state index in [0.717, 1.165) is 19.5 Å². The third kappa shape index (κ3) is 2.28. The summed E-state index contributed by atoms with van der Waals surface area (Å²) in [6, 6.07) is 10.5. The monoisotopic (exact) mass is 218 g/mol. The summed E-state index contributed by atoms with van der Waals surface area (Å²) in [6.07, 6.45) is 1.05. The Morgan fingerprint density at radius 3 is 2.31 bits per heavy atom. The van der Waals surface area contributed by atoms with Gasteiger partial charge in [-0.3, -0.25) is 0 Å². The second kappa shape index (κ2) is 3.86. The van der Waals surface area contributed by atoms with Gasteiger partial charge < -0.3 is 10.6 Å². The summed E-state index contributed by atoms with van der Waals surface area (Å²) >= 11 is 0. The molecule has 1 atom stereocenters. The van der Waals surface area contributed by atoms with Crippen LogP contribution in [-0.2, 0) is 5.54 Å². The van der Waals surface area contributed by atoms with E-state index in [-0.39, 0.29) is 11.0 Å². The smallest absolute Gasteiger partial charge is 0.0544 e. The molecule has 1 fully saturated rings. The lowest BCUT2D eigenvalue weighted by Gasteiger charge is -2.47. The van der Waals surface area contributed by atoms with Crippen LogP contribution in [0.2, 0.25) is 0 Å². The summed E-state index contributed by atoms with van der Waals surface area (Å²) in [4.78, 5) is 2.34. The van der Waals surface area contributed by atoms with E-state index < -0.39 is 0 Å². The van der Waals surface area contributed by atoms with Crippen LogP contribution in [0.3, 0.4) is 0 Å². The zero-order chi connectivity index (χ0) is 11.8. The fourth-order valence-corrected chi connectivity index (χ4v) is 3.20. The van der Waals surface area contributed by atoms with Crippen LogP contribution in [0, 0.1) is 5.41 Å². The van der Waals surface area contributed by atoms with Crippen LogP contribution in [-0.4, -0.2) is 25.0 Å². The molecule has 0 aliphatic carbocycles. The van der Waals surface area contributed by atoms with Gasteiger partial charge in [-0.05, 0) is 24.4 Å². The first-order valence-corrected chi connectivity index (χ1v) is 5.94. The Morgan fingerprint density at radius 1 is 1.12 bits per heavy atom. The minimum absolute atomic E-state index is 0.197. The summed E-state index contributed by atoms with van der Waals surface area (Å²) in [5.74, 6) is 0. The molecule has 1 unspecified atom stereocenters. The Morgan fingerprint density at radius 2 is 1.75 bits per heavy atom. The molecule has 0 radical (unpaired) electrons. The van der Waals surface area contributed by atoms with Crippen molar-refractivity contribution in [3.63, 3.8) is 0 Å². The Kier molecular flexibility index (Phi) is 2.81. The number of rotatable bonds is 1. The highest BCUT2D eigenvalue weighted by Crippen LogP contribution is 2.38. The van der Waals surface area contributed by atoms with Gasteiger partial charge in [-0.25, -0.2) is 0 Å². The zero-order valence-electron chi connectivity index (χ0n) is 10.5. The van der Waals surface area contributed by atoms with Crippen molar-refractivity contribution in [2.45, 2.75) is 25.8 Å². The van der Waals surface area contributed by atoms with Crippen LogP contribution in [0.4, 0.5) is 0 Å². The van der Waals surface area contributed by atoms with Gasteiger partial charge in [-0.1, -0.05) is 44.2 Å². The Balaban J connectivity index is 2.31. The maximum Gasteiger partial charge on any atom is 0.0544 e. The molecule has 0 saturated carbocycles. The van der Waals surface area contributed by atoms with Crippen LogP contribution < -0.4 is 5.73 Å². The number of nitrogens with two attached hydrogens (primary N) is 1. The SMILES string of the molecule is CN1CC(C)(C)CC(N)(c2ccccc2)C1. The summed E-state index contributed by atoms with van der Waals surface area (Å²) in [7, 11) is 2.16. The summed E-state index contributed by atoms with van der Waals surface area (Å²) in [6.45, 7) is 6.67. The molecule has 88 valence electrons. The average Bonchev–Trinajstić information content (AvgIpc) is 2.15. The Bertz CT molecular complexity index is 358. The lowest BCUT2D eigenvalue weighted by molar-refractivity contribution is 0.0719. The van der Waals surface area contributed by atoms with Gasteiger partial charge in [0.15, 0.2) is 0 Å². The van der Waals surface area contributed by atoms with Gasteiger partial charge in [0, 0.05) is 13.1 Å². The van der Waals surface area contributed by atoms with Crippen molar-refractivity contribution in [1.29, 1.82) is 0 Å². The second-order valence-electron chi connectivity index (χ2n) is 6.04. The van der Waals surface area contributed by atoms with E-state index in [0.29, 0.717) is 0 Å². The molecule has 1 heterocycles. The van der Waals surface area contributed by atoms with Gasteiger partial charge in [-0.2, -0.15) is 0 Å². The maximum absolute atomic E-state index is 6.60. The quantitative estimate of drug-likeness (QED) is 0.783. The molecule has 1 saturated heterocycles. The van der Waals surface area contributed by atoms with Gasteiger partial charge in [-0.15, -0.1) is 0 Å². The molecule has 2 rings (SSSR count). The number of piperidine rings is 1. The first-order chi connectivity index (χ1) is 7.41. The lowest BCUT2D eigenvalue weighted by atomic mass is 9.72. The van der Waals surface area contributed by atoms with E-state index in [1.165, 1.54) is 5.56 Å². The molecule has 2 N–H and O–H groups in total. The van der Waals surface area contributed by atoms with Crippen molar-refractivity contribution >= 4 is 0 Å². The van der Waals surface area contributed by atoms with E-state index in [9.17, 15) is 0 Å². The van der Waals surface area contributed by atoms with Crippen LogP contribution in [0.25, 0.3) is 0 Å². The van der Waals surface area contributed by atoms with Crippen LogP contribution in [0.15, 0.2) is 30.3 Å². The normalized spacial score (nSPS) is 30.2. The predicted octanol–water partition coefficient (Wildman–Crippen LogP) is 2.20. The maximum atomic E-state index is 6.60. The Labute approximate surface area is 98.4 Å². The zero-order valence-corrected chi connectivity index (χ0v) is 10.5. The molecule has 1 aliphatic rings. The lowest BCUT2D eigenvalue weighted by Crippen LogP contribution is -2.56. The minimum atomic E-state index is -0.197. The number of benzene rings is 1. The molecule has 0 spiro atoms. The Hall–Kier alpha value is -0.860. The molecule has 0 amide bonds. The van der Waals surface area contributed by atoms with Crippen molar-refractivity contribution in [3.05, 3.63) is 35.9 Å². The molecular weight excluding hydrogens is 196 g/mol. The summed E-state index contributed by atoms with van der Waals surface area (Å²) < 4.78 is 0. The number of nitrogens with zero attached hydrogens (tertiary/aromatic N) is 1. The molecule has 0 bridgehead atoms. The van der Waals surface area contributed by atoms with Gasteiger partial charge in [0.1, 0.15) is 0 Å². The summed E-state index contributed by atoms with van der Waals surface area (Å²) in [5, 5.41) is 0. The first kappa shape index (κ1) is 11.6. The highest BCUT2D eigenvalue weighted by atomic mass is 15.1. The highest BCUT2D eigenvalue weighted by molar-refractivity contribution is 5.26. The van der Waals surface area contributed by atoms with Gasteiger partial charge in [0.05, 0.1) is 5.54 Å². The molecule has 16 heavy (non-hydrogen) atoms. The van der Waals surface area contributed by atoms with E-state index in [2.05, 4.69) is 50.1 Å². The van der Waals surface area contributed by atoms with E-state index in [1.807, 2.05) is 6.07 Å².